The van der Waals surface area contributed by atoms with Crippen molar-refractivity contribution in [1.29, 1.82) is 0 Å². The molecule has 0 bridgehead atoms. The second-order valence-electron chi connectivity index (χ2n) is 9.94. The van der Waals surface area contributed by atoms with Gasteiger partial charge in [0.2, 0.25) is 0 Å². The zero-order valence-corrected chi connectivity index (χ0v) is 20.0. The van der Waals surface area contributed by atoms with Crippen LogP contribution in [0.3, 0.4) is 0 Å². The molecule has 1 saturated heterocycles. The first kappa shape index (κ1) is 22.8. The predicted octanol–water partition coefficient (Wildman–Crippen LogP) is 4.27. The van der Waals surface area contributed by atoms with Crippen molar-refractivity contribution in [3.05, 3.63) is 35.4 Å². The number of fused-ring (bicyclic) bond motifs is 1. The first-order valence-corrected chi connectivity index (χ1v) is 12.2. The molecular formula is C26H39N3O3. The lowest BCUT2D eigenvalue weighted by Crippen LogP contribution is -2.46. The van der Waals surface area contributed by atoms with Crippen molar-refractivity contribution in [2.75, 3.05) is 37.6 Å². The van der Waals surface area contributed by atoms with Crippen LogP contribution in [0.25, 0.3) is 0 Å². The van der Waals surface area contributed by atoms with Crippen molar-refractivity contribution >= 4 is 5.69 Å². The Kier molecular flexibility index (Phi) is 6.89. The zero-order valence-electron chi connectivity index (χ0n) is 20.0. The third-order valence-corrected chi connectivity index (χ3v) is 7.24. The molecule has 1 aliphatic heterocycles. The summed E-state index contributed by atoms with van der Waals surface area (Å²) in [5.74, 6) is 2.60. The molecule has 2 aromatic rings. The summed E-state index contributed by atoms with van der Waals surface area (Å²) in [6.07, 6.45) is 2.78. The van der Waals surface area contributed by atoms with Gasteiger partial charge < -0.3 is 19.8 Å². The van der Waals surface area contributed by atoms with Crippen molar-refractivity contribution < 1.29 is 14.9 Å². The van der Waals surface area contributed by atoms with Gasteiger partial charge in [-0.15, -0.1) is 0 Å². The fraction of sp³-hybridized carbons (Fsp3) is 0.615. The Hall–Kier alpha value is -2.34. The van der Waals surface area contributed by atoms with E-state index in [9.17, 15) is 10.2 Å². The van der Waals surface area contributed by atoms with Crippen LogP contribution in [0, 0.1) is 11.8 Å². The smallest absolute Gasteiger partial charge is 0.197 e. The van der Waals surface area contributed by atoms with Crippen molar-refractivity contribution in [1.82, 2.24) is 9.47 Å². The number of aromatic nitrogens is 1. The van der Waals surface area contributed by atoms with E-state index in [1.165, 1.54) is 5.69 Å². The summed E-state index contributed by atoms with van der Waals surface area (Å²) in [5.41, 5.74) is 3.10. The van der Waals surface area contributed by atoms with E-state index < -0.39 is 0 Å². The monoisotopic (exact) mass is 441 g/mol. The van der Waals surface area contributed by atoms with Crippen LogP contribution >= 0.6 is 0 Å². The minimum Gasteiger partial charge on any atom is -0.494 e. The predicted molar refractivity (Wildman–Crippen MR) is 129 cm³/mol. The van der Waals surface area contributed by atoms with E-state index in [1.807, 2.05) is 6.07 Å². The molecule has 4 rings (SSSR count). The molecule has 0 amide bonds. The molecule has 0 spiro atoms. The number of nitrogens with zero attached hydrogens (tertiary/aromatic N) is 3. The molecule has 2 aliphatic rings. The summed E-state index contributed by atoms with van der Waals surface area (Å²) in [4.78, 5) is 4.89. The summed E-state index contributed by atoms with van der Waals surface area (Å²) in [6, 6.07) is 8.31. The van der Waals surface area contributed by atoms with Gasteiger partial charge in [0.05, 0.1) is 11.8 Å². The highest BCUT2D eigenvalue weighted by Gasteiger charge is 2.31. The molecule has 2 atom stereocenters. The van der Waals surface area contributed by atoms with Crippen LogP contribution in [-0.4, -0.2) is 58.5 Å². The Bertz CT molecular complexity index is 882. The maximum absolute atomic E-state index is 10.7. The van der Waals surface area contributed by atoms with E-state index in [-0.39, 0.29) is 17.9 Å². The molecule has 32 heavy (non-hydrogen) atoms. The Morgan fingerprint density at radius 3 is 2.09 bits per heavy atom. The molecule has 2 N–H and O–H groups in total. The SMILES string of the molecule is CC(C)Oc1ccccc1N1CCN(CCCn2c(O)c3c(c2O)CC(C)C(C)C3)CC1. The topological polar surface area (TPSA) is 61.1 Å². The van der Waals surface area contributed by atoms with Crippen molar-refractivity contribution in [2.24, 2.45) is 11.8 Å². The highest BCUT2D eigenvalue weighted by Crippen LogP contribution is 2.42. The number of hydrogen-bond donors (Lipinski definition) is 2. The third kappa shape index (κ3) is 4.70. The molecule has 0 radical (unpaired) electrons. The van der Waals surface area contributed by atoms with Crippen LogP contribution in [0.1, 0.15) is 45.2 Å². The fourth-order valence-electron chi connectivity index (χ4n) is 5.12. The standard InChI is InChI=1S/C26H39N3O3/c1-18(2)32-24-9-6-5-8-23(24)28-14-12-27(13-15-28)10-7-11-29-25(30)21-16-19(3)20(4)17-22(21)26(29)31/h5-6,8-9,18-20,30-31H,7,10-17H2,1-4H3. The summed E-state index contributed by atoms with van der Waals surface area (Å²) in [7, 11) is 0. The molecule has 1 aromatic carbocycles. The van der Waals surface area contributed by atoms with Crippen molar-refractivity contribution in [3.8, 4) is 17.5 Å². The van der Waals surface area contributed by atoms with Crippen molar-refractivity contribution in [3.63, 3.8) is 0 Å². The van der Waals surface area contributed by atoms with Gasteiger partial charge in [0.15, 0.2) is 11.8 Å². The number of benzene rings is 1. The fourth-order valence-corrected chi connectivity index (χ4v) is 5.12. The highest BCUT2D eigenvalue weighted by atomic mass is 16.5. The molecule has 176 valence electrons. The van der Waals surface area contributed by atoms with Gasteiger partial charge in [-0.2, -0.15) is 0 Å². The summed E-state index contributed by atoms with van der Waals surface area (Å²) < 4.78 is 7.73. The average Bonchev–Trinajstić information content (AvgIpc) is 2.99. The third-order valence-electron chi connectivity index (χ3n) is 7.24. The molecule has 2 unspecified atom stereocenters. The minimum absolute atomic E-state index is 0.163. The maximum Gasteiger partial charge on any atom is 0.197 e. The maximum atomic E-state index is 10.7. The van der Waals surface area contributed by atoms with E-state index in [1.54, 1.807) is 4.57 Å². The van der Waals surface area contributed by atoms with E-state index in [4.69, 9.17) is 4.74 Å². The summed E-state index contributed by atoms with van der Waals surface area (Å²) in [6.45, 7) is 14.2. The molecule has 6 heteroatoms. The van der Waals surface area contributed by atoms with Gasteiger partial charge in [-0.05, 0) is 63.6 Å². The Labute approximate surface area is 192 Å². The minimum atomic E-state index is 0.163. The highest BCUT2D eigenvalue weighted by molar-refractivity contribution is 5.58. The number of rotatable bonds is 7. The zero-order chi connectivity index (χ0) is 22.8. The van der Waals surface area contributed by atoms with Crippen LogP contribution in [-0.2, 0) is 19.4 Å². The number of anilines is 1. The van der Waals surface area contributed by atoms with Crippen LogP contribution in [0.15, 0.2) is 24.3 Å². The van der Waals surface area contributed by atoms with Crippen LogP contribution < -0.4 is 9.64 Å². The van der Waals surface area contributed by atoms with Crippen LogP contribution in [0.2, 0.25) is 0 Å². The lowest BCUT2D eigenvalue weighted by Gasteiger charge is -2.37. The van der Waals surface area contributed by atoms with E-state index >= 15 is 0 Å². The molecule has 1 aromatic heterocycles. The quantitative estimate of drug-likeness (QED) is 0.672. The molecule has 1 aliphatic carbocycles. The molecule has 2 heterocycles. The first-order chi connectivity index (χ1) is 15.3. The van der Waals surface area contributed by atoms with Crippen LogP contribution in [0.5, 0.6) is 17.5 Å². The number of ether oxygens (including phenoxy) is 1. The molecule has 6 nitrogen and oxygen atoms in total. The van der Waals surface area contributed by atoms with Gasteiger partial charge in [-0.1, -0.05) is 26.0 Å². The van der Waals surface area contributed by atoms with Gasteiger partial charge >= 0.3 is 0 Å². The molecular weight excluding hydrogens is 402 g/mol. The van der Waals surface area contributed by atoms with E-state index in [0.717, 1.165) is 68.9 Å². The largest absolute Gasteiger partial charge is 0.494 e. The molecule has 1 fully saturated rings. The lowest BCUT2D eigenvalue weighted by atomic mass is 9.79. The first-order valence-electron chi connectivity index (χ1n) is 12.2. The van der Waals surface area contributed by atoms with Gasteiger partial charge in [0, 0.05) is 43.9 Å². The van der Waals surface area contributed by atoms with E-state index in [2.05, 4.69) is 55.7 Å². The summed E-state index contributed by atoms with van der Waals surface area (Å²) in [5, 5.41) is 21.4. The number of hydrogen-bond acceptors (Lipinski definition) is 5. The van der Waals surface area contributed by atoms with Crippen molar-refractivity contribution in [2.45, 2.75) is 59.6 Å². The Morgan fingerprint density at radius 1 is 0.906 bits per heavy atom. The van der Waals surface area contributed by atoms with Crippen LogP contribution in [0.4, 0.5) is 5.69 Å². The second-order valence-corrected chi connectivity index (χ2v) is 9.94. The Balaban J connectivity index is 1.30. The lowest BCUT2D eigenvalue weighted by molar-refractivity contribution is 0.235. The van der Waals surface area contributed by atoms with Gasteiger partial charge in [0.25, 0.3) is 0 Å². The average molecular weight is 442 g/mol. The normalized spacial score (nSPS) is 21.7. The number of aromatic hydroxyl groups is 2. The number of para-hydroxylation sites is 2. The second kappa shape index (κ2) is 9.65. The van der Waals surface area contributed by atoms with Gasteiger partial charge in [0.1, 0.15) is 5.75 Å². The molecule has 0 saturated carbocycles. The number of piperazine rings is 1. The van der Waals surface area contributed by atoms with Gasteiger partial charge in [-0.25, -0.2) is 0 Å². The van der Waals surface area contributed by atoms with E-state index in [0.29, 0.717) is 18.4 Å². The Morgan fingerprint density at radius 2 is 1.50 bits per heavy atom. The van der Waals surface area contributed by atoms with Gasteiger partial charge in [-0.3, -0.25) is 9.47 Å². The summed E-state index contributed by atoms with van der Waals surface area (Å²) >= 11 is 0.